The molecule has 0 bridgehead atoms. The number of hydrogen-bond acceptors (Lipinski definition) is 2. The Morgan fingerprint density at radius 1 is 1.57 bits per heavy atom. The molecule has 1 amide bonds. The van der Waals surface area contributed by atoms with Crippen molar-refractivity contribution in [1.82, 2.24) is 4.90 Å². The van der Waals surface area contributed by atoms with Crippen LogP contribution in [0.1, 0.15) is 19.8 Å². The third kappa shape index (κ3) is 2.17. The third-order valence-electron chi connectivity index (χ3n) is 2.36. The zero-order chi connectivity index (χ0) is 10.9. The summed E-state index contributed by atoms with van der Waals surface area (Å²) in [7, 11) is 0. The molecule has 3 nitrogen and oxygen atoms in total. The smallest absolute Gasteiger partial charge is 0.391 e. The van der Waals surface area contributed by atoms with Gasteiger partial charge in [-0.2, -0.15) is 13.2 Å². The number of aliphatic hydroxyl groups excluding tert-OH is 1. The molecule has 14 heavy (non-hydrogen) atoms. The maximum atomic E-state index is 12.1. The second-order valence-electron chi connectivity index (χ2n) is 3.45. The van der Waals surface area contributed by atoms with E-state index in [0.29, 0.717) is 17.7 Å². The van der Waals surface area contributed by atoms with E-state index in [0.717, 1.165) is 0 Å². The molecule has 0 aromatic carbocycles. The number of nitrogens with zero attached hydrogens (tertiary/aromatic N) is 1. The highest BCUT2D eigenvalue weighted by atomic mass is 19.4. The van der Waals surface area contributed by atoms with Crippen LogP contribution in [0.4, 0.5) is 13.2 Å². The summed E-state index contributed by atoms with van der Waals surface area (Å²) in [5.74, 6) is -1.85. The first kappa shape index (κ1) is 11.3. The van der Waals surface area contributed by atoms with Gasteiger partial charge in [-0.05, 0) is 19.8 Å². The fourth-order valence-corrected chi connectivity index (χ4v) is 1.71. The summed E-state index contributed by atoms with van der Waals surface area (Å²) in [6.45, 7) is 1.47. The van der Waals surface area contributed by atoms with Crippen LogP contribution in [0.2, 0.25) is 0 Å². The maximum Gasteiger partial charge on any atom is 0.471 e. The minimum Gasteiger partial charge on any atom is -0.391 e. The summed E-state index contributed by atoms with van der Waals surface area (Å²) in [6.07, 6.45) is -4.81. The average Bonchev–Trinajstić information content (AvgIpc) is 2.48. The Bertz CT molecular complexity index is 227. The number of carbonyl (C=O) groups is 1. The minimum absolute atomic E-state index is 0.0773. The van der Waals surface area contributed by atoms with Crippen molar-refractivity contribution in [3.63, 3.8) is 0 Å². The molecule has 1 rings (SSSR count). The number of aliphatic hydroxyl groups is 1. The molecular formula is C8H12F3NO2. The molecule has 1 aliphatic heterocycles. The maximum absolute atomic E-state index is 12.1. The number of amides is 1. The molecule has 0 aromatic rings. The monoisotopic (exact) mass is 211 g/mol. The normalized spacial score (nSPS) is 25.2. The van der Waals surface area contributed by atoms with Crippen LogP contribution in [0, 0.1) is 0 Å². The molecule has 1 aliphatic rings. The van der Waals surface area contributed by atoms with Crippen LogP contribution in [0.25, 0.3) is 0 Å². The lowest BCUT2D eigenvalue weighted by Crippen LogP contribution is -2.47. The van der Waals surface area contributed by atoms with E-state index in [4.69, 9.17) is 0 Å². The van der Waals surface area contributed by atoms with Gasteiger partial charge in [0.25, 0.3) is 0 Å². The molecule has 1 N–H and O–H groups in total. The van der Waals surface area contributed by atoms with Gasteiger partial charge in [-0.3, -0.25) is 4.79 Å². The van der Waals surface area contributed by atoms with E-state index < -0.39 is 24.2 Å². The summed E-state index contributed by atoms with van der Waals surface area (Å²) in [6, 6.07) is -0.691. The molecule has 0 aromatic heterocycles. The number of carbonyl (C=O) groups excluding carboxylic acids is 1. The number of likely N-dealkylation sites (tertiary alicyclic amines) is 1. The van der Waals surface area contributed by atoms with E-state index in [-0.39, 0.29) is 6.54 Å². The van der Waals surface area contributed by atoms with Crippen LogP contribution in [-0.4, -0.2) is 40.8 Å². The van der Waals surface area contributed by atoms with Gasteiger partial charge in [0.15, 0.2) is 0 Å². The quantitative estimate of drug-likeness (QED) is 0.700. The first-order chi connectivity index (χ1) is 6.34. The van der Waals surface area contributed by atoms with E-state index in [9.17, 15) is 23.1 Å². The fourth-order valence-electron chi connectivity index (χ4n) is 1.71. The Balaban J connectivity index is 2.72. The van der Waals surface area contributed by atoms with E-state index in [1.807, 2.05) is 0 Å². The number of rotatable bonds is 1. The van der Waals surface area contributed by atoms with Gasteiger partial charge in [0.05, 0.1) is 12.1 Å². The number of hydrogen-bond donors (Lipinski definition) is 1. The van der Waals surface area contributed by atoms with Crippen molar-refractivity contribution in [3.8, 4) is 0 Å². The molecule has 6 heteroatoms. The van der Waals surface area contributed by atoms with Gasteiger partial charge in [0, 0.05) is 6.54 Å². The van der Waals surface area contributed by atoms with Crippen LogP contribution in [-0.2, 0) is 4.79 Å². The lowest BCUT2D eigenvalue weighted by atomic mass is 10.1. The van der Waals surface area contributed by atoms with Crippen molar-refractivity contribution >= 4 is 5.91 Å². The van der Waals surface area contributed by atoms with Crippen LogP contribution >= 0.6 is 0 Å². The van der Waals surface area contributed by atoms with Crippen molar-refractivity contribution < 1.29 is 23.1 Å². The van der Waals surface area contributed by atoms with Gasteiger partial charge < -0.3 is 10.0 Å². The van der Waals surface area contributed by atoms with E-state index in [2.05, 4.69) is 0 Å². The lowest BCUT2D eigenvalue weighted by Gasteiger charge is -2.27. The minimum atomic E-state index is -4.84. The molecule has 2 unspecified atom stereocenters. The summed E-state index contributed by atoms with van der Waals surface area (Å²) in [5, 5.41) is 9.18. The van der Waals surface area contributed by atoms with Gasteiger partial charge in [-0.15, -0.1) is 0 Å². The first-order valence-corrected chi connectivity index (χ1v) is 4.40. The van der Waals surface area contributed by atoms with E-state index in [1.165, 1.54) is 6.92 Å². The fraction of sp³-hybridized carbons (Fsp3) is 0.875. The molecular weight excluding hydrogens is 199 g/mol. The molecule has 0 saturated carbocycles. The number of halogens is 3. The van der Waals surface area contributed by atoms with Gasteiger partial charge in [0.2, 0.25) is 0 Å². The van der Waals surface area contributed by atoms with E-state index >= 15 is 0 Å². The Kier molecular flexibility index (Phi) is 3.04. The standard InChI is InChI=1S/C8H12F3NO2/c1-5(13)6-3-2-4-12(6)7(14)8(9,10)11/h5-6,13H,2-4H2,1H3. The summed E-state index contributed by atoms with van der Waals surface area (Å²) in [5.41, 5.74) is 0. The Morgan fingerprint density at radius 2 is 2.14 bits per heavy atom. The molecule has 1 saturated heterocycles. The molecule has 2 atom stereocenters. The Morgan fingerprint density at radius 3 is 2.57 bits per heavy atom. The summed E-state index contributed by atoms with van der Waals surface area (Å²) in [4.78, 5) is 11.6. The third-order valence-corrected chi connectivity index (χ3v) is 2.36. The average molecular weight is 211 g/mol. The largest absolute Gasteiger partial charge is 0.471 e. The molecule has 0 spiro atoms. The molecule has 82 valence electrons. The summed E-state index contributed by atoms with van der Waals surface area (Å²) >= 11 is 0. The Labute approximate surface area is 79.5 Å². The van der Waals surface area contributed by atoms with Crippen molar-refractivity contribution in [2.75, 3.05) is 6.54 Å². The number of alkyl halides is 3. The van der Waals surface area contributed by atoms with Gasteiger partial charge in [-0.1, -0.05) is 0 Å². The second kappa shape index (κ2) is 3.76. The second-order valence-corrected chi connectivity index (χ2v) is 3.45. The lowest BCUT2D eigenvalue weighted by molar-refractivity contribution is -0.187. The van der Waals surface area contributed by atoms with E-state index in [1.54, 1.807) is 0 Å². The molecule has 0 aliphatic carbocycles. The molecule has 1 heterocycles. The zero-order valence-corrected chi connectivity index (χ0v) is 7.71. The van der Waals surface area contributed by atoms with Crippen LogP contribution < -0.4 is 0 Å². The highest BCUT2D eigenvalue weighted by molar-refractivity contribution is 5.82. The van der Waals surface area contributed by atoms with Crippen molar-refractivity contribution in [2.45, 2.75) is 38.1 Å². The van der Waals surface area contributed by atoms with Gasteiger partial charge >= 0.3 is 12.1 Å². The topological polar surface area (TPSA) is 40.5 Å². The van der Waals surface area contributed by atoms with Gasteiger partial charge in [0.1, 0.15) is 0 Å². The van der Waals surface area contributed by atoms with Crippen molar-refractivity contribution in [1.29, 1.82) is 0 Å². The predicted molar refractivity (Wildman–Crippen MR) is 42.5 cm³/mol. The molecule has 0 radical (unpaired) electrons. The van der Waals surface area contributed by atoms with Crippen molar-refractivity contribution in [2.24, 2.45) is 0 Å². The predicted octanol–water partition coefficient (Wildman–Crippen LogP) is 0.921. The van der Waals surface area contributed by atoms with Gasteiger partial charge in [-0.25, -0.2) is 0 Å². The SMILES string of the molecule is CC(O)C1CCCN1C(=O)C(F)(F)F. The van der Waals surface area contributed by atoms with Crippen LogP contribution in [0.3, 0.4) is 0 Å². The highest BCUT2D eigenvalue weighted by Crippen LogP contribution is 2.26. The van der Waals surface area contributed by atoms with Crippen molar-refractivity contribution in [3.05, 3.63) is 0 Å². The highest BCUT2D eigenvalue weighted by Gasteiger charge is 2.46. The zero-order valence-electron chi connectivity index (χ0n) is 7.71. The summed E-state index contributed by atoms with van der Waals surface area (Å²) < 4.78 is 36.2. The first-order valence-electron chi connectivity index (χ1n) is 4.40. The van der Waals surface area contributed by atoms with Crippen LogP contribution in [0.5, 0.6) is 0 Å². The van der Waals surface area contributed by atoms with Crippen LogP contribution in [0.15, 0.2) is 0 Å². The molecule has 1 fully saturated rings. The Hall–Kier alpha value is -0.780.